The van der Waals surface area contributed by atoms with E-state index in [2.05, 4.69) is 11.6 Å². The van der Waals surface area contributed by atoms with E-state index in [1.54, 1.807) is 6.92 Å². The summed E-state index contributed by atoms with van der Waals surface area (Å²) in [6.07, 6.45) is 7.53. The van der Waals surface area contributed by atoms with Gasteiger partial charge in [0.05, 0.1) is 11.8 Å². The molecule has 6 heteroatoms. The quantitative estimate of drug-likeness (QED) is 0.874. The molecule has 1 heterocycles. The van der Waals surface area contributed by atoms with Gasteiger partial charge in [0, 0.05) is 16.9 Å². The number of aliphatic carboxylic acids is 1. The van der Waals surface area contributed by atoms with E-state index in [0.29, 0.717) is 16.4 Å². The van der Waals surface area contributed by atoms with E-state index < -0.39 is 5.97 Å². The highest BCUT2D eigenvalue weighted by atomic mass is 32.2. The zero-order valence-corrected chi connectivity index (χ0v) is 13.2. The highest BCUT2D eigenvalue weighted by molar-refractivity contribution is 7.99. The van der Waals surface area contributed by atoms with Crippen LogP contribution in [0, 0.1) is 6.92 Å². The summed E-state index contributed by atoms with van der Waals surface area (Å²) in [5, 5.41) is 12.5. The molecule has 1 saturated carbocycles. The Bertz CT molecular complexity index is 526. The van der Waals surface area contributed by atoms with Crippen molar-refractivity contribution in [2.24, 2.45) is 0 Å². The second-order valence-corrected chi connectivity index (χ2v) is 6.62. The number of nitrogens with one attached hydrogen (secondary N) is 1. The molecule has 1 aliphatic carbocycles. The summed E-state index contributed by atoms with van der Waals surface area (Å²) in [5.74, 6) is -0.988. The summed E-state index contributed by atoms with van der Waals surface area (Å²) in [5.41, 5.74) is 1.06. The van der Waals surface area contributed by atoms with Crippen LogP contribution in [-0.4, -0.2) is 34.5 Å². The fourth-order valence-corrected chi connectivity index (χ4v) is 3.65. The van der Waals surface area contributed by atoms with E-state index in [4.69, 9.17) is 9.52 Å². The molecular formula is C15H21NO4S. The van der Waals surface area contributed by atoms with Gasteiger partial charge in [-0.25, -0.2) is 0 Å². The van der Waals surface area contributed by atoms with Gasteiger partial charge in [0.2, 0.25) is 0 Å². The van der Waals surface area contributed by atoms with Crippen LogP contribution in [0.4, 0.5) is 0 Å². The van der Waals surface area contributed by atoms with Crippen molar-refractivity contribution in [3.63, 3.8) is 0 Å². The lowest BCUT2D eigenvalue weighted by atomic mass is 9.94. The van der Waals surface area contributed by atoms with E-state index in [1.807, 2.05) is 11.8 Å². The van der Waals surface area contributed by atoms with Crippen LogP contribution in [0.15, 0.2) is 10.7 Å². The molecule has 0 aliphatic heterocycles. The first-order valence-corrected chi connectivity index (χ1v) is 8.42. The van der Waals surface area contributed by atoms with Crippen LogP contribution in [-0.2, 0) is 11.2 Å². The Morgan fingerprint density at radius 1 is 1.48 bits per heavy atom. The predicted octanol–water partition coefficient (Wildman–Crippen LogP) is 2.62. The van der Waals surface area contributed by atoms with E-state index in [1.165, 1.54) is 12.7 Å². The Balaban J connectivity index is 2.06. The van der Waals surface area contributed by atoms with Gasteiger partial charge < -0.3 is 14.8 Å². The number of carbonyl (C=O) groups is 2. The summed E-state index contributed by atoms with van der Waals surface area (Å²) in [7, 11) is 0. The van der Waals surface area contributed by atoms with E-state index >= 15 is 0 Å². The summed E-state index contributed by atoms with van der Waals surface area (Å²) < 4.78 is 5.21. The molecule has 21 heavy (non-hydrogen) atoms. The molecule has 116 valence electrons. The number of hydrogen-bond donors (Lipinski definition) is 2. The maximum atomic E-state index is 12.4. The largest absolute Gasteiger partial charge is 0.481 e. The van der Waals surface area contributed by atoms with Gasteiger partial charge in [-0.1, -0.05) is 6.42 Å². The Kier molecular flexibility index (Phi) is 5.33. The van der Waals surface area contributed by atoms with Crippen molar-refractivity contribution in [3.05, 3.63) is 23.2 Å². The van der Waals surface area contributed by atoms with Crippen molar-refractivity contribution in [3.8, 4) is 0 Å². The van der Waals surface area contributed by atoms with E-state index in [9.17, 15) is 9.59 Å². The molecular weight excluding hydrogens is 290 g/mol. The van der Waals surface area contributed by atoms with E-state index in [0.717, 1.165) is 19.3 Å². The standard InChI is InChI=1S/C15H21NO4S/c1-9-8-20-12(7-13(17)18)14(9)15(19)16-10-4-3-5-11(6-10)21-2/h8,10-11H,3-7H2,1-2H3,(H,16,19)(H,17,18). The summed E-state index contributed by atoms with van der Waals surface area (Å²) >= 11 is 1.84. The summed E-state index contributed by atoms with van der Waals surface area (Å²) in [6, 6.07) is 0.163. The van der Waals surface area contributed by atoms with Crippen LogP contribution in [0.3, 0.4) is 0 Å². The molecule has 0 saturated heterocycles. The number of carbonyl (C=O) groups excluding carboxylic acids is 1. The monoisotopic (exact) mass is 311 g/mol. The van der Waals surface area contributed by atoms with Crippen molar-refractivity contribution < 1.29 is 19.1 Å². The molecule has 1 amide bonds. The number of amides is 1. The van der Waals surface area contributed by atoms with Gasteiger partial charge in [-0.2, -0.15) is 11.8 Å². The summed E-state index contributed by atoms with van der Waals surface area (Å²) in [6.45, 7) is 1.76. The highest BCUT2D eigenvalue weighted by Crippen LogP contribution is 2.27. The molecule has 0 aromatic carbocycles. The minimum absolute atomic E-state index is 0.163. The minimum Gasteiger partial charge on any atom is -0.481 e. The second-order valence-electron chi connectivity index (χ2n) is 5.48. The number of carboxylic acid groups (broad SMARTS) is 1. The van der Waals surface area contributed by atoms with Crippen molar-refractivity contribution in [1.82, 2.24) is 5.32 Å². The van der Waals surface area contributed by atoms with Gasteiger partial charge in [0.15, 0.2) is 0 Å². The molecule has 0 bridgehead atoms. The zero-order chi connectivity index (χ0) is 15.4. The average Bonchev–Trinajstić information content (AvgIpc) is 2.79. The lowest BCUT2D eigenvalue weighted by molar-refractivity contribution is -0.136. The van der Waals surface area contributed by atoms with Crippen LogP contribution < -0.4 is 5.32 Å². The Morgan fingerprint density at radius 2 is 2.24 bits per heavy atom. The van der Waals surface area contributed by atoms with Crippen LogP contribution in [0.25, 0.3) is 0 Å². The molecule has 0 spiro atoms. The number of rotatable bonds is 5. The maximum Gasteiger partial charge on any atom is 0.311 e. The molecule has 2 unspecified atom stereocenters. The van der Waals surface area contributed by atoms with Crippen molar-refractivity contribution in [2.45, 2.75) is 50.3 Å². The molecule has 0 radical (unpaired) electrons. The third kappa shape index (κ3) is 4.03. The van der Waals surface area contributed by atoms with Gasteiger partial charge in [0.1, 0.15) is 12.2 Å². The SMILES string of the molecule is CSC1CCCC(NC(=O)c2c(C)coc2CC(=O)O)C1. The minimum atomic E-state index is -1.00. The second kappa shape index (κ2) is 7.02. The first-order chi connectivity index (χ1) is 10.0. The molecule has 1 aromatic rings. The number of hydrogen-bond acceptors (Lipinski definition) is 4. The number of aryl methyl sites for hydroxylation is 1. The maximum absolute atomic E-state index is 12.4. The third-order valence-corrected chi connectivity index (χ3v) is 4.98. The molecule has 1 fully saturated rings. The number of thioether (sulfide) groups is 1. The summed E-state index contributed by atoms with van der Waals surface area (Å²) in [4.78, 5) is 23.3. The Labute approximate surface area is 128 Å². The van der Waals surface area contributed by atoms with Gasteiger partial charge in [-0.05, 0) is 32.4 Å². The van der Waals surface area contributed by atoms with Gasteiger partial charge >= 0.3 is 5.97 Å². The van der Waals surface area contributed by atoms with Gasteiger partial charge in [-0.15, -0.1) is 0 Å². The van der Waals surface area contributed by atoms with Gasteiger partial charge in [-0.3, -0.25) is 9.59 Å². The lowest BCUT2D eigenvalue weighted by Crippen LogP contribution is -2.39. The highest BCUT2D eigenvalue weighted by Gasteiger charge is 2.26. The predicted molar refractivity (Wildman–Crippen MR) is 81.8 cm³/mol. The van der Waals surface area contributed by atoms with Gasteiger partial charge in [0.25, 0.3) is 5.91 Å². The third-order valence-electron chi connectivity index (χ3n) is 3.88. The lowest BCUT2D eigenvalue weighted by Gasteiger charge is -2.28. The fraction of sp³-hybridized carbons (Fsp3) is 0.600. The van der Waals surface area contributed by atoms with Crippen molar-refractivity contribution in [2.75, 3.05) is 6.26 Å². The van der Waals surface area contributed by atoms with Crippen LogP contribution >= 0.6 is 11.8 Å². The van der Waals surface area contributed by atoms with Crippen molar-refractivity contribution >= 4 is 23.6 Å². The number of furan rings is 1. The Hall–Kier alpha value is -1.43. The number of carboxylic acids is 1. The molecule has 1 aromatic heterocycles. The molecule has 2 N–H and O–H groups in total. The topological polar surface area (TPSA) is 79.5 Å². The molecule has 2 atom stereocenters. The Morgan fingerprint density at radius 3 is 2.90 bits per heavy atom. The first-order valence-electron chi connectivity index (χ1n) is 7.13. The molecule has 2 rings (SSSR count). The molecule has 1 aliphatic rings. The molecule has 5 nitrogen and oxygen atoms in total. The fourth-order valence-electron chi connectivity index (χ4n) is 2.82. The van der Waals surface area contributed by atoms with Crippen LogP contribution in [0.2, 0.25) is 0 Å². The normalized spacial score (nSPS) is 22.0. The van der Waals surface area contributed by atoms with E-state index in [-0.39, 0.29) is 24.1 Å². The van der Waals surface area contributed by atoms with Crippen LogP contribution in [0.1, 0.15) is 47.4 Å². The smallest absolute Gasteiger partial charge is 0.311 e. The van der Waals surface area contributed by atoms with Crippen molar-refractivity contribution in [1.29, 1.82) is 0 Å². The first kappa shape index (κ1) is 15.9. The average molecular weight is 311 g/mol. The van der Waals surface area contributed by atoms with Crippen LogP contribution in [0.5, 0.6) is 0 Å². The zero-order valence-electron chi connectivity index (χ0n) is 12.3.